The van der Waals surface area contributed by atoms with Crippen molar-refractivity contribution in [2.45, 2.75) is 42.4 Å². The Bertz CT molecular complexity index is 1910. The van der Waals surface area contributed by atoms with E-state index in [1.54, 1.807) is 38.3 Å². The Morgan fingerprint density at radius 1 is 0.927 bits per heavy atom. The summed E-state index contributed by atoms with van der Waals surface area (Å²) in [5.41, 5.74) is 4.78. The highest BCUT2D eigenvalue weighted by molar-refractivity contribution is 7.91. The third kappa shape index (κ3) is 6.11. The number of carbonyl (C=O) groups excluding carboxylic acids is 1. The summed E-state index contributed by atoms with van der Waals surface area (Å²) in [5.74, 6) is -0.228. The maximum Gasteiger partial charge on any atom is 0.252 e. The Kier molecular flexibility index (Phi) is 7.38. The van der Waals surface area contributed by atoms with Crippen LogP contribution < -0.4 is 5.32 Å². The molecule has 0 spiro atoms. The van der Waals surface area contributed by atoms with Crippen LogP contribution in [-0.4, -0.2) is 46.3 Å². The minimum Gasteiger partial charge on any atom is -0.349 e. The molecular formula is C32H32N2O5S2. The van der Waals surface area contributed by atoms with E-state index in [9.17, 15) is 21.6 Å². The highest BCUT2D eigenvalue weighted by atomic mass is 32.2. The molecule has 0 aliphatic heterocycles. The first kappa shape index (κ1) is 28.7. The van der Waals surface area contributed by atoms with Gasteiger partial charge in [-0.2, -0.15) is 0 Å². The SMILES string of the molecule is CC(C)(c1cc(-c2cccc(/C=C(/C(=O)NC3CC3)c3ccc(S(C)(=O)=O)cc3)c2)c2ncccc2c1)S(C)(=O)=O. The third-order valence-electron chi connectivity index (χ3n) is 7.59. The molecule has 0 atom stereocenters. The summed E-state index contributed by atoms with van der Waals surface area (Å²) in [6.07, 6.45) is 7.74. The Hall–Kier alpha value is -3.82. The van der Waals surface area contributed by atoms with Gasteiger partial charge >= 0.3 is 0 Å². The van der Waals surface area contributed by atoms with Crippen molar-refractivity contribution in [3.05, 3.63) is 95.7 Å². The first-order valence-corrected chi connectivity index (χ1v) is 17.0. The van der Waals surface area contributed by atoms with Crippen molar-refractivity contribution in [2.75, 3.05) is 12.5 Å². The molecule has 0 radical (unpaired) electrons. The van der Waals surface area contributed by atoms with Crippen LogP contribution in [0.2, 0.25) is 0 Å². The highest BCUT2D eigenvalue weighted by Crippen LogP contribution is 2.37. The molecule has 1 aliphatic carbocycles. The lowest BCUT2D eigenvalue weighted by Gasteiger charge is -2.24. The third-order valence-corrected chi connectivity index (χ3v) is 10.8. The van der Waals surface area contributed by atoms with Crippen LogP contribution >= 0.6 is 0 Å². The number of nitrogens with one attached hydrogen (secondary N) is 1. The van der Waals surface area contributed by atoms with Crippen LogP contribution in [0.3, 0.4) is 0 Å². The van der Waals surface area contributed by atoms with E-state index in [2.05, 4.69) is 10.3 Å². The molecule has 1 N–H and O–H groups in total. The smallest absolute Gasteiger partial charge is 0.252 e. The van der Waals surface area contributed by atoms with Crippen LogP contribution in [-0.2, 0) is 29.2 Å². The lowest BCUT2D eigenvalue weighted by Crippen LogP contribution is -2.28. The van der Waals surface area contributed by atoms with Crippen molar-refractivity contribution in [1.29, 1.82) is 0 Å². The fourth-order valence-electron chi connectivity index (χ4n) is 4.59. The molecule has 0 saturated heterocycles. The molecule has 1 aromatic heterocycles. The largest absolute Gasteiger partial charge is 0.349 e. The van der Waals surface area contributed by atoms with Crippen LogP contribution in [0.1, 0.15) is 43.4 Å². The van der Waals surface area contributed by atoms with E-state index >= 15 is 0 Å². The van der Waals surface area contributed by atoms with E-state index in [-0.39, 0.29) is 16.8 Å². The number of nitrogens with zero attached hydrogens (tertiary/aromatic N) is 1. The topological polar surface area (TPSA) is 110 Å². The molecule has 5 rings (SSSR count). The number of hydrogen-bond donors (Lipinski definition) is 1. The fourth-order valence-corrected chi connectivity index (χ4v) is 5.77. The van der Waals surface area contributed by atoms with Gasteiger partial charge in [-0.25, -0.2) is 16.8 Å². The second kappa shape index (κ2) is 10.5. The summed E-state index contributed by atoms with van der Waals surface area (Å²) < 4.78 is 48.2. The molecule has 1 aliphatic rings. The van der Waals surface area contributed by atoms with E-state index in [4.69, 9.17) is 0 Å². The van der Waals surface area contributed by atoms with Crippen molar-refractivity contribution in [3.8, 4) is 11.1 Å². The number of rotatable bonds is 8. The maximum absolute atomic E-state index is 13.3. The number of aromatic nitrogens is 1. The van der Waals surface area contributed by atoms with Gasteiger partial charge in [-0.3, -0.25) is 9.78 Å². The summed E-state index contributed by atoms with van der Waals surface area (Å²) in [6, 6.07) is 21.6. The lowest BCUT2D eigenvalue weighted by molar-refractivity contribution is -0.115. The molecule has 41 heavy (non-hydrogen) atoms. The van der Waals surface area contributed by atoms with E-state index in [1.807, 2.05) is 48.5 Å². The second-order valence-electron chi connectivity index (χ2n) is 11.1. The molecule has 9 heteroatoms. The van der Waals surface area contributed by atoms with Gasteiger partial charge in [0, 0.05) is 41.3 Å². The van der Waals surface area contributed by atoms with E-state index in [0.717, 1.165) is 46.7 Å². The van der Waals surface area contributed by atoms with Gasteiger partial charge in [-0.15, -0.1) is 0 Å². The van der Waals surface area contributed by atoms with Gasteiger partial charge in [0.25, 0.3) is 5.91 Å². The van der Waals surface area contributed by atoms with Gasteiger partial charge in [-0.05, 0) is 91.4 Å². The standard InChI is InChI=1S/C32H32N2O5S2/c1-32(2,41(4,38)39)25-19-24-9-6-16-33-30(24)28(20-25)23-8-5-7-21(17-23)18-29(31(35)34-26-12-13-26)22-10-14-27(15-11-22)40(3,36)37/h5-11,14-20,26H,12-13H2,1-4H3,(H,34,35)/b29-18+. The molecule has 212 valence electrons. The molecule has 1 amide bonds. The minimum atomic E-state index is -3.42. The van der Waals surface area contributed by atoms with Crippen LogP contribution in [0.25, 0.3) is 33.7 Å². The van der Waals surface area contributed by atoms with Crippen LogP contribution in [0.4, 0.5) is 0 Å². The second-order valence-corrected chi connectivity index (χ2v) is 15.7. The van der Waals surface area contributed by atoms with Crippen molar-refractivity contribution in [3.63, 3.8) is 0 Å². The first-order chi connectivity index (χ1) is 19.2. The Labute approximate surface area is 241 Å². The summed E-state index contributed by atoms with van der Waals surface area (Å²) in [7, 11) is -6.79. The number of hydrogen-bond acceptors (Lipinski definition) is 6. The number of pyridine rings is 1. The van der Waals surface area contributed by atoms with E-state index < -0.39 is 24.4 Å². The van der Waals surface area contributed by atoms with Gasteiger partial charge in [-0.1, -0.05) is 36.4 Å². The molecule has 3 aromatic carbocycles. The highest BCUT2D eigenvalue weighted by Gasteiger charge is 2.33. The average molecular weight is 589 g/mol. The molecule has 0 unspecified atom stereocenters. The predicted octanol–water partition coefficient (Wildman–Crippen LogP) is 5.40. The Balaban J connectivity index is 1.63. The zero-order chi connectivity index (χ0) is 29.6. The van der Waals surface area contributed by atoms with Crippen LogP contribution in [0.15, 0.2) is 83.9 Å². The van der Waals surface area contributed by atoms with Gasteiger partial charge in [0.1, 0.15) is 0 Å². The molecule has 1 heterocycles. The van der Waals surface area contributed by atoms with Gasteiger partial charge in [0.05, 0.1) is 15.2 Å². The first-order valence-electron chi connectivity index (χ1n) is 13.3. The molecule has 4 aromatic rings. The fraction of sp³-hybridized carbons (Fsp3) is 0.250. The molecule has 1 fully saturated rings. The van der Waals surface area contributed by atoms with Crippen LogP contribution in [0, 0.1) is 0 Å². The quantitative estimate of drug-likeness (QED) is 0.218. The summed E-state index contributed by atoms with van der Waals surface area (Å²) in [5, 5.41) is 3.86. The zero-order valence-corrected chi connectivity index (χ0v) is 25.0. The Morgan fingerprint density at radius 2 is 1.63 bits per heavy atom. The lowest BCUT2D eigenvalue weighted by atomic mass is 9.92. The van der Waals surface area contributed by atoms with E-state index in [1.165, 1.54) is 18.4 Å². The number of sulfone groups is 2. The van der Waals surface area contributed by atoms with Gasteiger partial charge in [0.15, 0.2) is 19.7 Å². The molecule has 1 saturated carbocycles. The number of benzene rings is 3. The van der Waals surface area contributed by atoms with Crippen molar-refractivity contribution >= 4 is 48.1 Å². The van der Waals surface area contributed by atoms with Crippen molar-refractivity contribution < 1.29 is 21.6 Å². The summed E-state index contributed by atoms with van der Waals surface area (Å²) >= 11 is 0. The maximum atomic E-state index is 13.3. The normalized spacial score (nSPS) is 14.7. The number of carbonyl (C=O) groups is 1. The molecule has 0 bridgehead atoms. The van der Waals surface area contributed by atoms with Crippen LogP contribution in [0.5, 0.6) is 0 Å². The van der Waals surface area contributed by atoms with E-state index in [0.29, 0.717) is 16.7 Å². The monoisotopic (exact) mass is 588 g/mol. The zero-order valence-electron chi connectivity index (χ0n) is 23.4. The molecule has 7 nitrogen and oxygen atoms in total. The van der Waals surface area contributed by atoms with Crippen molar-refractivity contribution in [1.82, 2.24) is 10.3 Å². The Morgan fingerprint density at radius 3 is 2.27 bits per heavy atom. The summed E-state index contributed by atoms with van der Waals surface area (Å²) in [6.45, 7) is 3.39. The molecular weight excluding hydrogens is 556 g/mol. The summed E-state index contributed by atoms with van der Waals surface area (Å²) in [4.78, 5) is 18.1. The van der Waals surface area contributed by atoms with Gasteiger partial charge < -0.3 is 5.32 Å². The minimum absolute atomic E-state index is 0.144. The average Bonchev–Trinajstić information content (AvgIpc) is 3.74. The predicted molar refractivity (Wildman–Crippen MR) is 164 cm³/mol. The van der Waals surface area contributed by atoms with Gasteiger partial charge in [0.2, 0.25) is 0 Å². The van der Waals surface area contributed by atoms with Crippen molar-refractivity contribution in [2.24, 2.45) is 0 Å². The number of amides is 1. The number of fused-ring (bicyclic) bond motifs is 1.